The Bertz CT molecular complexity index is 1580. The average molecular weight is 526 g/mol. The Morgan fingerprint density at radius 1 is 1.00 bits per heavy atom. The maximum Gasteiger partial charge on any atom is 0.490 e. The summed E-state index contributed by atoms with van der Waals surface area (Å²) in [6, 6.07) is 12.0. The molecule has 0 aliphatic rings. The Labute approximate surface area is 213 Å². The van der Waals surface area contributed by atoms with Crippen LogP contribution in [-0.4, -0.2) is 64.0 Å². The zero-order chi connectivity index (χ0) is 27.4. The van der Waals surface area contributed by atoms with Gasteiger partial charge in [-0.25, -0.2) is 14.3 Å². The molecule has 0 saturated carbocycles. The first-order valence-corrected chi connectivity index (χ1v) is 11.0. The molecule has 0 aliphatic carbocycles. The van der Waals surface area contributed by atoms with Crippen LogP contribution < -0.4 is 10.6 Å². The lowest BCUT2D eigenvalue weighted by Crippen LogP contribution is -2.21. The normalized spacial score (nSPS) is 11.1. The molecule has 0 spiro atoms. The van der Waals surface area contributed by atoms with Gasteiger partial charge in [0.1, 0.15) is 11.6 Å². The van der Waals surface area contributed by atoms with E-state index in [9.17, 15) is 13.2 Å². The summed E-state index contributed by atoms with van der Waals surface area (Å²) in [6.07, 6.45) is -1.60. The van der Waals surface area contributed by atoms with Crippen molar-refractivity contribution in [1.29, 1.82) is 0 Å². The first kappa shape index (κ1) is 26.0. The number of aromatic amines is 1. The summed E-state index contributed by atoms with van der Waals surface area (Å²) >= 11 is 0. The number of carbonyl (C=O) groups is 1. The maximum atomic E-state index is 10.6. The van der Waals surface area contributed by atoms with Crippen LogP contribution >= 0.6 is 0 Å². The van der Waals surface area contributed by atoms with E-state index < -0.39 is 12.1 Å². The minimum absolute atomic E-state index is 0.462. The number of aliphatic carboxylic acids is 1. The van der Waals surface area contributed by atoms with E-state index >= 15 is 0 Å². The lowest BCUT2D eigenvalue weighted by molar-refractivity contribution is -0.192. The Morgan fingerprint density at radius 2 is 1.74 bits per heavy atom. The highest BCUT2D eigenvalue weighted by Gasteiger charge is 2.38. The van der Waals surface area contributed by atoms with Gasteiger partial charge in [0, 0.05) is 25.0 Å². The molecule has 15 heteroatoms. The smallest absolute Gasteiger partial charge is 0.475 e. The van der Waals surface area contributed by atoms with E-state index in [2.05, 4.69) is 52.9 Å². The second-order valence-electron chi connectivity index (χ2n) is 7.81. The van der Waals surface area contributed by atoms with Gasteiger partial charge in [-0.1, -0.05) is 6.07 Å². The molecular weight excluding hydrogens is 505 g/mol. The van der Waals surface area contributed by atoms with Crippen molar-refractivity contribution < 1.29 is 23.1 Å². The standard InChI is InChI=1S/C21H20N10.C2HF3O2/c1-12-10-15(6-8-23-12)14-4-5-16-17(11-14)31(20-26-13(2)25-19(22-3)29-20)21(27-16)28-18-7-9-24-30-18;3-2(4,5)1(6)7/h4-11H,1-3H3,(H,22,25,26,29)(H2,24,27,28,30);(H,6,7). The van der Waals surface area contributed by atoms with Crippen molar-refractivity contribution in [2.75, 3.05) is 17.7 Å². The number of rotatable bonds is 5. The molecule has 38 heavy (non-hydrogen) atoms. The zero-order valence-electron chi connectivity index (χ0n) is 20.2. The molecule has 4 aromatic heterocycles. The van der Waals surface area contributed by atoms with Gasteiger partial charge in [-0.05, 0) is 49.2 Å². The topological polar surface area (TPSA) is 159 Å². The summed E-state index contributed by atoms with van der Waals surface area (Å²) in [7, 11) is 1.78. The Hall–Kier alpha value is -5.08. The Morgan fingerprint density at radius 3 is 2.37 bits per heavy atom. The molecule has 5 aromatic rings. The van der Waals surface area contributed by atoms with Crippen molar-refractivity contribution in [3.63, 3.8) is 0 Å². The average Bonchev–Trinajstić information content (AvgIpc) is 3.50. The van der Waals surface area contributed by atoms with Gasteiger partial charge in [-0.3, -0.25) is 10.1 Å². The first-order chi connectivity index (χ1) is 18.0. The van der Waals surface area contributed by atoms with Gasteiger partial charge in [-0.15, -0.1) is 0 Å². The summed E-state index contributed by atoms with van der Waals surface area (Å²) in [6.45, 7) is 3.81. The molecule has 1 aromatic carbocycles. The minimum Gasteiger partial charge on any atom is -0.475 e. The first-order valence-electron chi connectivity index (χ1n) is 11.0. The number of H-pyrrole nitrogens is 1. The molecule has 0 saturated heterocycles. The molecular formula is C23H21F3N10O2. The summed E-state index contributed by atoms with van der Waals surface area (Å²) in [4.78, 5) is 31.4. The predicted molar refractivity (Wildman–Crippen MR) is 132 cm³/mol. The van der Waals surface area contributed by atoms with E-state index in [-0.39, 0.29) is 0 Å². The van der Waals surface area contributed by atoms with E-state index in [0.29, 0.717) is 29.5 Å². The minimum atomic E-state index is -5.08. The molecule has 12 nitrogen and oxygen atoms in total. The number of hydrogen-bond donors (Lipinski definition) is 4. The maximum absolute atomic E-state index is 10.6. The number of pyridine rings is 1. The number of aryl methyl sites for hydroxylation is 2. The fourth-order valence-electron chi connectivity index (χ4n) is 3.39. The van der Waals surface area contributed by atoms with Crippen LogP contribution in [0.2, 0.25) is 0 Å². The van der Waals surface area contributed by atoms with Gasteiger partial charge in [0.2, 0.25) is 17.8 Å². The van der Waals surface area contributed by atoms with E-state index in [1.807, 2.05) is 48.9 Å². The molecule has 0 unspecified atom stereocenters. The fourth-order valence-corrected chi connectivity index (χ4v) is 3.39. The Kier molecular flexibility index (Phi) is 7.18. The van der Waals surface area contributed by atoms with Crippen molar-refractivity contribution in [1.82, 2.24) is 39.7 Å². The lowest BCUT2D eigenvalue weighted by Gasteiger charge is -2.10. The largest absolute Gasteiger partial charge is 0.490 e. The third-order valence-electron chi connectivity index (χ3n) is 5.03. The molecule has 4 N–H and O–H groups in total. The summed E-state index contributed by atoms with van der Waals surface area (Å²) in [5.41, 5.74) is 4.75. The lowest BCUT2D eigenvalue weighted by atomic mass is 10.1. The molecule has 0 amide bonds. The fraction of sp³-hybridized carbons (Fsp3) is 0.174. The Balaban J connectivity index is 0.000000426. The number of nitrogens with one attached hydrogen (secondary N) is 3. The number of aromatic nitrogens is 8. The van der Waals surface area contributed by atoms with Crippen LogP contribution in [0.1, 0.15) is 11.5 Å². The van der Waals surface area contributed by atoms with E-state index in [0.717, 1.165) is 27.9 Å². The second kappa shape index (κ2) is 10.5. The summed E-state index contributed by atoms with van der Waals surface area (Å²) in [5.74, 6) is 0.0652. The molecule has 0 radical (unpaired) electrons. The number of carboxylic acids is 1. The quantitative estimate of drug-likeness (QED) is 0.263. The molecule has 4 heterocycles. The molecule has 196 valence electrons. The van der Waals surface area contributed by atoms with Crippen molar-refractivity contribution in [2.24, 2.45) is 0 Å². The van der Waals surface area contributed by atoms with E-state index in [1.165, 1.54) is 0 Å². The van der Waals surface area contributed by atoms with Crippen LogP contribution in [0.15, 0.2) is 48.8 Å². The summed E-state index contributed by atoms with van der Waals surface area (Å²) in [5, 5.41) is 20.3. The third-order valence-corrected chi connectivity index (χ3v) is 5.03. The van der Waals surface area contributed by atoms with Crippen LogP contribution in [0.25, 0.3) is 28.1 Å². The van der Waals surface area contributed by atoms with Gasteiger partial charge in [0.25, 0.3) is 0 Å². The number of alkyl halides is 3. The highest BCUT2D eigenvalue weighted by Crippen LogP contribution is 2.30. The predicted octanol–water partition coefficient (Wildman–Crippen LogP) is 4.03. The molecule has 0 atom stereocenters. The van der Waals surface area contributed by atoms with Crippen molar-refractivity contribution in [3.8, 4) is 17.1 Å². The SMILES string of the molecule is CNc1nc(C)nc(-n2c(Nc3ccn[nH]3)nc3ccc(-c4ccnc(C)c4)cc32)n1.O=C(O)C(F)(F)F. The van der Waals surface area contributed by atoms with Crippen LogP contribution in [-0.2, 0) is 4.79 Å². The van der Waals surface area contributed by atoms with Crippen LogP contribution in [0.4, 0.5) is 30.9 Å². The van der Waals surface area contributed by atoms with Gasteiger partial charge < -0.3 is 15.7 Å². The molecule has 5 rings (SSSR count). The van der Waals surface area contributed by atoms with Crippen molar-refractivity contribution in [3.05, 3.63) is 60.3 Å². The molecule has 0 aliphatic heterocycles. The van der Waals surface area contributed by atoms with Gasteiger partial charge in [-0.2, -0.15) is 33.2 Å². The van der Waals surface area contributed by atoms with E-state index in [1.54, 1.807) is 13.2 Å². The van der Waals surface area contributed by atoms with Crippen molar-refractivity contribution in [2.45, 2.75) is 20.0 Å². The third kappa shape index (κ3) is 5.83. The summed E-state index contributed by atoms with van der Waals surface area (Å²) < 4.78 is 33.6. The van der Waals surface area contributed by atoms with Crippen LogP contribution in [0.3, 0.4) is 0 Å². The number of hydrogen-bond acceptors (Lipinski definition) is 9. The monoisotopic (exact) mass is 526 g/mol. The number of halogens is 3. The van der Waals surface area contributed by atoms with Crippen molar-refractivity contribution >= 4 is 34.7 Å². The number of imidazole rings is 1. The zero-order valence-corrected chi connectivity index (χ0v) is 20.2. The van der Waals surface area contributed by atoms with Gasteiger partial charge in [0.15, 0.2) is 0 Å². The van der Waals surface area contributed by atoms with Crippen LogP contribution in [0.5, 0.6) is 0 Å². The number of nitrogens with zero attached hydrogens (tertiary/aromatic N) is 7. The number of benzene rings is 1. The highest BCUT2D eigenvalue weighted by atomic mass is 19.4. The number of carboxylic acid groups (broad SMARTS) is 1. The number of anilines is 3. The van der Waals surface area contributed by atoms with Crippen LogP contribution in [0, 0.1) is 13.8 Å². The molecule has 0 fully saturated rings. The number of fused-ring (bicyclic) bond motifs is 1. The highest BCUT2D eigenvalue weighted by molar-refractivity contribution is 5.86. The molecule has 0 bridgehead atoms. The second-order valence-corrected chi connectivity index (χ2v) is 7.81. The van der Waals surface area contributed by atoms with E-state index in [4.69, 9.17) is 14.9 Å². The van der Waals surface area contributed by atoms with Gasteiger partial charge >= 0.3 is 12.1 Å². The van der Waals surface area contributed by atoms with Gasteiger partial charge in [0.05, 0.1) is 17.2 Å².